The highest BCUT2D eigenvalue weighted by molar-refractivity contribution is 7.99. The van der Waals surface area contributed by atoms with Gasteiger partial charge in [-0.15, -0.1) is 21.5 Å². The number of benzene rings is 2. The molecule has 2 heterocycles. The minimum absolute atomic E-state index is 0.146. The van der Waals surface area contributed by atoms with Crippen molar-refractivity contribution >= 4 is 62.1 Å². The van der Waals surface area contributed by atoms with Gasteiger partial charge in [0, 0.05) is 35.6 Å². The zero-order valence-corrected chi connectivity index (χ0v) is 18.1. The number of halogens is 1. The lowest BCUT2D eigenvalue weighted by atomic mass is 10.2. The van der Waals surface area contributed by atoms with Gasteiger partial charge in [-0.3, -0.25) is 4.79 Å². The van der Waals surface area contributed by atoms with Crippen molar-refractivity contribution in [3.8, 4) is 10.8 Å². The molecule has 2 aromatic carbocycles. The highest BCUT2D eigenvalue weighted by Gasteiger charge is 2.18. The van der Waals surface area contributed by atoms with E-state index in [0.717, 1.165) is 26.3 Å². The van der Waals surface area contributed by atoms with Gasteiger partial charge in [-0.05, 0) is 30.3 Å². The van der Waals surface area contributed by atoms with Gasteiger partial charge in [0.05, 0.1) is 10.8 Å². The Morgan fingerprint density at radius 1 is 1.17 bits per heavy atom. The van der Waals surface area contributed by atoms with E-state index in [1.165, 1.54) is 23.1 Å². The molecule has 1 N–H and O–H groups in total. The van der Waals surface area contributed by atoms with E-state index in [1.807, 2.05) is 67.5 Å². The maximum Gasteiger partial charge on any atom is 0.277 e. The smallest absolute Gasteiger partial charge is 0.277 e. The van der Waals surface area contributed by atoms with Crippen LogP contribution in [0.5, 0.6) is 0 Å². The second-order valence-corrected chi connectivity index (χ2v) is 8.75. The van der Waals surface area contributed by atoms with Gasteiger partial charge in [0.2, 0.25) is 5.91 Å². The van der Waals surface area contributed by atoms with Crippen LogP contribution in [0.1, 0.15) is 0 Å². The molecule has 0 unspecified atom stereocenters. The predicted molar refractivity (Wildman–Crippen MR) is 120 cm³/mol. The predicted octanol–water partition coefficient (Wildman–Crippen LogP) is 5.40. The van der Waals surface area contributed by atoms with Gasteiger partial charge in [-0.25, -0.2) is 0 Å². The molecule has 29 heavy (non-hydrogen) atoms. The fourth-order valence-corrected chi connectivity index (χ4v) is 4.68. The van der Waals surface area contributed by atoms with Gasteiger partial charge in [0.1, 0.15) is 4.88 Å². The summed E-state index contributed by atoms with van der Waals surface area (Å²) >= 11 is 9.14. The number of nitrogens with one attached hydrogen (secondary N) is 1. The molecular weight excluding hydrogens is 428 g/mol. The average Bonchev–Trinajstić information content (AvgIpc) is 3.32. The molecule has 0 bridgehead atoms. The Labute approximate surface area is 180 Å². The van der Waals surface area contributed by atoms with Crippen LogP contribution in [-0.2, 0) is 4.79 Å². The number of hydrogen-bond acceptors (Lipinski definition) is 7. The largest absolute Gasteiger partial charge is 0.410 e. The number of hydrogen-bond donors (Lipinski definition) is 1. The summed E-state index contributed by atoms with van der Waals surface area (Å²) < 4.78 is 6.76. The Kier molecular flexibility index (Phi) is 5.75. The summed E-state index contributed by atoms with van der Waals surface area (Å²) in [5.41, 5.74) is 1.81. The molecule has 0 aliphatic heterocycles. The highest BCUT2D eigenvalue weighted by atomic mass is 35.5. The zero-order chi connectivity index (χ0) is 20.4. The van der Waals surface area contributed by atoms with E-state index in [4.69, 9.17) is 16.0 Å². The number of carbonyl (C=O) groups excluding carboxylic acids is 1. The van der Waals surface area contributed by atoms with Crippen molar-refractivity contribution in [1.82, 2.24) is 10.2 Å². The molecule has 0 aliphatic rings. The highest BCUT2D eigenvalue weighted by Crippen LogP contribution is 2.41. The van der Waals surface area contributed by atoms with Crippen molar-refractivity contribution in [2.45, 2.75) is 5.22 Å². The average molecular weight is 445 g/mol. The van der Waals surface area contributed by atoms with Crippen LogP contribution in [0.2, 0.25) is 5.02 Å². The lowest BCUT2D eigenvalue weighted by molar-refractivity contribution is -0.113. The molecule has 148 valence electrons. The first-order chi connectivity index (χ1) is 14.0. The molecule has 0 fully saturated rings. The lowest BCUT2D eigenvalue weighted by Gasteiger charge is -2.12. The van der Waals surface area contributed by atoms with E-state index >= 15 is 0 Å². The number of fused-ring (bicyclic) bond motifs is 1. The van der Waals surface area contributed by atoms with Crippen molar-refractivity contribution in [2.24, 2.45) is 0 Å². The van der Waals surface area contributed by atoms with E-state index < -0.39 is 0 Å². The van der Waals surface area contributed by atoms with Crippen LogP contribution in [0.25, 0.3) is 20.9 Å². The standard InChI is InChI=1S/C20H17ClN4O2S2/c1-25(2)13-9-7-12(8-10-13)22-16(26)11-28-20-24-23-19(27-20)18-17(21)14-5-3-4-6-15(14)29-18/h3-10H,11H2,1-2H3,(H,22,26). The Balaban J connectivity index is 1.39. The monoisotopic (exact) mass is 444 g/mol. The number of thiophene rings is 1. The van der Waals surface area contributed by atoms with Crippen molar-refractivity contribution < 1.29 is 9.21 Å². The summed E-state index contributed by atoms with van der Waals surface area (Å²) in [7, 11) is 3.93. The molecule has 0 saturated carbocycles. The summed E-state index contributed by atoms with van der Waals surface area (Å²) in [6, 6.07) is 15.5. The topological polar surface area (TPSA) is 71.3 Å². The molecule has 0 radical (unpaired) electrons. The van der Waals surface area contributed by atoms with E-state index in [9.17, 15) is 4.79 Å². The van der Waals surface area contributed by atoms with E-state index in [-0.39, 0.29) is 11.7 Å². The maximum atomic E-state index is 12.2. The van der Waals surface area contributed by atoms with E-state index in [1.54, 1.807) is 0 Å². The molecule has 0 atom stereocenters. The van der Waals surface area contributed by atoms with Gasteiger partial charge < -0.3 is 14.6 Å². The summed E-state index contributed by atoms with van der Waals surface area (Å²) in [4.78, 5) is 14.9. The van der Waals surface area contributed by atoms with Gasteiger partial charge >= 0.3 is 0 Å². The molecule has 0 spiro atoms. The second-order valence-electron chi connectivity index (χ2n) is 6.39. The Bertz CT molecular complexity index is 1150. The number of aromatic nitrogens is 2. The Morgan fingerprint density at radius 2 is 1.93 bits per heavy atom. The molecule has 0 saturated heterocycles. The Hall–Kier alpha value is -2.55. The summed E-state index contributed by atoms with van der Waals surface area (Å²) in [5.74, 6) is 0.377. The molecule has 1 amide bonds. The number of carbonyl (C=O) groups is 1. The van der Waals surface area contributed by atoms with Crippen LogP contribution in [0, 0.1) is 0 Å². The Morgan fingerprint density at radius 3 is 2.66 bits per heavy atom. The number of nitrogens with zero attached hydrogens (tertiary/aromatic N) is 3. The van der Waals surface area contributed by atoms with Crippen LogP contribution in [0.15, 0.2) is 58.2 Å². The van der Waals surface area contributed by atoms with Gasteiger partial charge in [0.25, 0.3) is 11.1 Å². The number of anilines is 2. The van der Waals surface area contributed by atoms with Crippen LogP contribution >= 0.6 is 34.7 Å². The molecule has 2 aromatic heterocycles. The van der Waals surface area contributed by atoms with Gasteiger partial charge in [-0.2, -0.15) is 0 Å². The molecule has 4 rings (SSSR count). The van der Waals surface area contributed by atoms with Gasteiger partial charge in [0.15, 0.2) is 0 Å². The summed E-state index contributed by atoms with van der Waals surface area (Å²) in [6.07, 6.45) is 0. The van der Waals surface area contributed by atoms with Crippen molar-refractivity contribution in [3.63, 3.8) is 0 Å². The normalized spacial score (nSPS) is 11.0. The minimum Gasteiger partial charge on any atom is -0.410 e. The fourth-order valence-electron chi connectivity index (χ4n) is 2.68. The first kappa shape index (κ1) is 19.8. The van der Waals surface area contributed by atoms with Crippen LogP contribution in [0.4, 0.5) is 11.4 Å². The second kappa shape index (κ2) is 8.44. The lowest BCUT2D eigenvalue weighted by Crippen LogP contribution is -2.14. The molecular formula is C20H17ClN4O2S2. The van der Waals surface area contributed by atoms with Crippen LogP contribution in [-0.4, -0.2) is 36.0 Å². The van der Waals surface area contributed by atoms with E-state index in [2.05, 4.69) is 15.5 Å². The number of rotatable bonds is 6. The molecule has 6 nitrogen and oxygen atoms in total. The third-order valence-electron chi connectivity index (χ3n) is 4.13. The molecule has 4 aromatic rings. The van der Waals surface area contributed by atoms with Crippen molar-refractivity contribution in [2.75, 3.05) is 30.1 Å². The summed E-state index contributed by atoms with van der Waals surface area (Å²) in [6.45, 7) is 0. The molecule has 0 aliphatic carbocycles. The SMILES string of the molecule is CN(C)c1ccc(NC(=O)CSc2nnc(-c3sc4ccccc4c3Cl)o2)cc1. The quantitative estimate of drug-likeness (QED) is 0.401. The maximum absolute atomic E-state index is 12.2. The van der Waals surface area contributed by atoms with Crippen LogP contribution < -0.4 is 10.2 Å². The zero-order valence-electron chi connectivity index (χ0n) is 15.7. The third-order valence-corrected chi connectivity index (χ3v) is 6.61. The van der Waals surface area contributed by atoms with Gasteiger partial charge in [-0.1, -0.05) is 41.6 Å². The fraction of sp³-hybridized carbons (Fsp3) is 0.150. The first-order valence-corrected chi connectivity index (χ1v) is 10.9. The first-order valence-electron chi connectivity index (χ1n) is 8.72. The van der Waals surface area contributed by atoms with E-state index in [0.29, 0.717) is 16.1 Å². The molecule has 9 heteroatoms. The number of thioether (sulfide) groups is 1. The number of amides is 1. The van der Waals surface area contributed by atoms with Crippen LogP contribution in [0.3, 0.4) is 0 Å². The van der Waals surface area contributed by atoms with Crippen molar-refractivity contribution in [3.05, 3.63) is 53.6 Å². The van der Waals surface area contributed by atoms with Crippen molar-refractivity contribution in [1.29, 1.82) is 0 Å². The summed E-state index contributed by atoms with van der Waals surface area (Å²) in [5, 5.41) is 12.8. The minimum atomic E-state index is -0.146. The third kappa shape index (κ3) is 4.39.